The molecule has 144 valence electrons. The number of benzene rings is 2. The highest BCUT2D eigenvalue weighted by atomic mass is 79.9. The molecule has 8 heteroatoms. The van der Waals surface area contributed by atoms with Gasteiger partial charge in [-0.15, -0.1) is 0 Å². The van der Waals surface area contributed by atoms with Crippen LogP contribution in [0.3, 0.4) is 0 Å². The van der Waals surface area contributed by atoms with E-state index in [9.17, 15) is 4.79 Å². The molecule has 1 aliphatic rings. The van der Waals surface area contributed by atoms with Crippen LogP contribution in [0.5, 0.6) is 11.5 Å². The van der Waals surface area contributed by atoms with Gasteiger partial charge in [-0.2, -0.15) is 5.10 Å². The number of aromatic nitrogens is 3. The molecule has 28 heavy (non-hydrogen) atoms. The molecule has 1 aromatic heterocycles. The highest BCUT2D eigenvalue weighted by Crippen LogP contribution is 2.32. The minimum absolute atomic E-state index is 0.105. The van der Waals surface area contributed by atoms with Gasteiger partial charge in [0, 0.05) is 4.47 Å². The summed E-state index contributed by atoms with van der Waals surface area (Å²) in [4.78, 5) is 16.9. The number of nitrogens with zero attached hydrogens (tertiary/aromatic N) is 3. The van der Waals surface area contributed by atoms with Crippen LogP contribution >= 0.6 is 15.9 Å². The smallest absolute Gasteiger partial charge is 0.231 e. The molecule has 1 amide bonds. The number of hydrogen-bond acceptors (Lipinski definition) is 5. The van der Waals surface area contributed by atoms with Crippen LogP contribution in [0.15, 0.2) is 53.5 Å². The van der Waals surface area contributed by atoms with Gasteiger partial charge >= 0.3 is 0 Å². The lowest BCUT2D eigenvalue weighted by molar-refractivity contribution is -0.121. The summed E-state index contributed by atoms with van der Waals surface area (Å²) in [6, 6.07) is 11.3. The Bertz CT molecular complexity index is 991. The topological polar surface area (TPSA) is 78.3 Å². The average Bonchev–Trinajstić information content (AvgIpc) is 3.22. The molecular formula is C20H19BrN4O3. The third-order valence-corrected chi connectivity index (χ3v) is 5.00. The van der Waals surface area contributed by atoms with Gasteiger partial charge in [0.15, 0.2) is 0 Å². The fourth-order valence-corrected chi connectivity index (χ4v) is 3.53. The first kappa shape index (κ1) is 18.5. The molecule has 0 radical (unpaired) electrons. The van der Waals surface area contributed by atoms with Gasteiger partial charge in [-0.25, -0.2) is 9.67 Å². The lowest BCUT2D eigenvalue weighted by Crippen LogP contribution is -2.33. The Labute approximate surface area is 170 Å². The van der Waals surface area contributed by atoms with Crippen LogP contribution in [-0.2, 0) is 11.2 Å². The number of nitrogens with one attached hydrogen (secondary N) is 1. The predicted octanol–water partition coefficient (Wildman–Crippen LogP) is 3.62. The van der Waals surface area contributed by atoms with E-state index in [1.54, 1.807) is 11.0 Å². The fraction of sp³-hybridized carbons (Fsp3) is 0.250. The molecule has 1 N–H and O–H groups in total. The van der Waals surface area contributed by atoms with Gasteiger partial charge in [-0.3, -0.25) is 4.79 Å². The SMILES string of the molecule is CCOc1ccc2c(c1)CC(C(=O)Nc1cc(Br)ccc1-n1cncn1)CO2. The molecule has 2 heterocycles. The van der Waals surface area contributed by atoms with Crippen molar-refractivity contribution in [2.75, 3.05) is 18.5 Å². The molecule has 0 bridgehead atoms. The van der Waals surface area contributed by atoms with Gasteiger partial charge in [0.25, 0.3) is 0 Å². The Morgan fingerprint density at radius 3 is 3.04 bits per heavy atom. The van der Waals surface area contributed by atoms with Crippen molar-refractivity contribution in [1.29, 1.82) is 0 Å². The van der Waals surface area contributed by atoms with Crippen molar-refractivity contribution in [1.82, 2.24) is 14.8 Å². The summed E-state index contributed by atoms with van der Waals surface area (Å²) >= 11 is 3.45. The monoisotopic (exact) mass is 442 g/mol. The fourth-order valence-electron chi connectivity index (χ4n) is 3.17. The van der Waals surface area contributed by atoms with E-state index in [1.165, 1.54) is 6.33 Å². The number of carbonyl (C=O) groups is 1. The van der Waals surface area contributed by atoms with Gasteiger partial charge < -0.3 is 14.8 Å². The molecule has 1 atom stereocenters. The van der Waals surface area contributed by atoms with E-state index in [0.29, 0.717) is 25.3 Å². The van der Waals surface area contributed by atoms with E-state index in [1.807, 2.05) is 43.3 Å². The predicted molar refractivity (Wildman–Crippen MR) is 108 cm³/mol. The van der Waals surface area contributed by atoms with Crippen LogP contribution in [0.4, 0.5) is 5.69 Å². The minimum Gasteiger partial charge on any atom is -0.494 e. The number of fused-ring (bicyclic) bond motifs is 1. The summed E-state index contributed by atoms with van der Waals surface area (Å²) in [5.74, 6) is 1.18. The normalized spacial score (nSPS) is 15.4. The maximum absolute atomic E-state index is 12.9. The molecule has 0 aliphatic carbocycles. The van der Waals surface area contributed by atoms with E-state index < -0.39 is 0 Å². The zero-order chi connectivity index (χ0) is 19.5. The van der Waals surface area contributed by atoms with Crippen LogP contribution in [-0.4, -0.2) is 33.9 Å². The summed E-state index contributed by atoms with van der Waals surface area (Å²) < 4.78 is 13.8. The number of amides is 1. The van der Waals surface area contributed by atoms with Crippen molar-refractivity contribution < 1.29 is 14.3 Å². The van der Waals surface area contributed by atoms with E-state index in [-0.39, 0.29) is 11.8 Å². The maximum atomic E-state index is 12.9. The number of halogens is 1. The van der Waals surface area contributed by atoms with Crippen molar-refractivity contribution in [3.05, 3.63) is 59.1 Å². The zero-order valence-corrected chi connectivity index (χ0v) is 16.8. The molecule has 2 aromatic carbocycles. The van der Waals surface area contributed by atoms with Crippen molar-refractivity contribution in [3.8, 4) is 17.2 Å². The van der Waals surface area contributed by atoms with E-state index in [4.69, 9.17) is 9.47 Å². The molecule has 3 aromatic rings. The number of ether oxygens (including phenoxy) is 2. The van der Waals surface area contributed by atoms with Crippen molar-refractivity contribution in [3.63, 3.8) is 0 Å². The van der Waals surface area contributed by atoms with E-state index >= 15 is 0 Å². The average molecular weight is 443 g/mol. The second kappa shape index (κ2) is 8.02. The van der Waals surface area contributed by atoms with Crippen LogP contribution in [0, 0.1) is 5.92 Å². The summed E-state index contributed by atoms with van der Waals surface area (Å²) in [5, 5.41) is 7.17. The lowest BCUT2D eigenvalue weighted by atomic mass is 9.95. The van der Waals surface area contributed by atoms with Gasteiger partial charge in [-0.05, 0) is 55.3 Å². The van der Waals surface area contributed by atoms with E-state index in [2.05, 4.69) is 31.3 Å². The highest BCUT2D eigenvalue weighted by molar-refractivity contribution is 9.10. The standard InChI is InChI=1S/C20H19BrN4O3/c1-2-27-16-4-6-19-13(8-16)7-14(10-28-19)20(26)24-17-9-15(21)3-5-18(17)25-12-22-11-23-25/h3-6,8-9,11-12,14H,2,7,10H2,1H3,(H,24,26). The second-order valence-electron chi connectivity index (χ2n) is 6.41. The number of anilines is 1. The Kier molecular flexibility index (Phi) is 5.29. The molecular weight excluding hydrogens is 424 g/mol. The molecule has 1 unspecified atom stereocenters. The van der Waals surface area contributed by atoms with Crippen LogP contribution in [0.25, 0.3) is 5.69 Å². The maximum Gasteiger partial charge on any atom is 0.231 e. The zero-order valence-electron chi connectivity index (χ0n) is 15.3. The Balaban J connectivity index is 1.54. The molecule has 0 saturated carbocycles. The number of hydrogen-bond donors (Lipinski definition) is 1. The van der Waals surface area contributed by atoms with Gasteiger partial charge in [0.05, 0.1) is 23.9 Å². The van der Waals surface area contributed by atoms with Crippen molar-refractivity contribution in [2.24, 2.45) is 5.92 Å². The minimum atomic E-state index is -0.299. The molecule has 0 fully saturated rings. The highest BCUT2D eigenvalue weighted by Gasteiger charge is 2.27. The summed E-state index contributed by atoms with van der Waals surface area (Å²) in [5.41, 5.74) is 2.37. The lowest BCUT2D eigenvalue weighted by Gasteiger charge is -2.25. The quantitative estimate of drug-likeness (QED) is 0.652. The molecule has 0 saturated heterocycles. The molecule has 1 aliphatic heterocycles. The Morgan fingerprint density at radius 2 is 2.25 bits per heavy atom. The van der Waals surface area contributed by atoms with Crippen LogP contribution in [0.2, 0.25) is 0 Å². The number of carbonyl (C=O) groups excluding carboxylic acids is 1. The van der Waals surface area contributed by atoms with Gasteiger partial charge in [0.1, 0.15) is 30.8 Å². The van der Waals surface area contributed by atoms with Crippen molar-refractivity contribution in [2.45, 2.75) is 13.3 Å². The Morgan fingerprint density at radius 1 is 1.36 bits per heavy atom. The first-order valence-corrected chi connectivity index (χ1v) is 9.77. The summed E-state index contributed by atoms with van der Waals surface area (Å²) in [6.07, 6.45) is 3.64. The first-order valence-electron chi connectivity index (χ1n) is 8.98. The summed E-state index contributed by atoms with van der Waals surface area (Å²) in [6.45, 7) is 2.87. The largest absolute Gasteiger partial charge is 0.494 e. The van der Waals surface area contributed by atoms with Gasteiger partial charge in [0.2, 0.25) is 5.91 Å². The van der Waals surface area contributed by atoms with E-state index in [0.717, 1.165) is 27.2 Å². The number of rotatable bonds is 5. The second-order valence-corrected chi connectivity index (χ2v) is 7.32. The summed E-state index contributed by atoms with van der Waals surface area (Å²) in [7, 11) is 0. The van der Waals surface area contributed by atoms with Gasteiger partial charge in [-0.1, -0.05) is 15.9 Å². The Hall–Kier alpha value is -2.87. The third-order valence-electron chi connectivity index (χ3n) is 4.50. The van der Waals surface area contributed by atoms with Crippen LogP contribution < -0.4 is 14.8 Å². The van der Waals surface area contributed by atoms with Crippen molar-refractivity contribution >= 4 is 27.5 Å². The molecule has 0 spiro atoms. The third kappa shape index (κ3) is 3.87. The molecule has 7 nitrogen and oxygen atoms in total. The molecule has 4 rings (SSSR count). The van der Waals surface area contributed by atoms with Crippen LogP contribution in [0.1, 0.15) is 12.5 Å². The first-order chi connectivity index (χ1) is 13.6.